The molecule has 21 heavy (non-hydrogen) atoms. The first-order valence-corrected chi connectivity index (χ1v) is 7.99. The maximum Gasteiger partial charge on any atom is 0.229 e. The summed E-state index contributed by atoms with van der Waals surface area (Å²) in [5, 5.41) is 3.19. The number of hydrogen-bond acceptors (Lipinski definition) is 3. The monoisotopic (exact) mass is 300 g/mol. The van der Waals surface area contributed by atoms with Crippen LogP contribution in [0.3, 0.4) is 0 Å². The average Bonchev–Trinajstić information content (AvgIpc) is 2.40. The predicted molar refractivity (Wildman–Crippen MR) is 90.1 cm³/mol. The summed E-state index contributed by atoms with van der Waals surface area (Å²) in [5.74, 6) is -0.0913. The lowest BCUT2D eigenvalue weighted by Gasteiger charge is -2.34. The summed E-state index contributed by atoms with van der Waals surface area (Å²) in [5.41, 5.74) is -0.0637. The lowest BCUT2D eigenvalue weighted by molar-refractivity contribution is -0.140. The van der Waals surface area contributed by atoms with Crippen LogP contribution in [0.15, 0.2) is 0 Å². The Kier molecular flexibility index (Phi) is 10.6. The standard InChI is InChI=1S/C15H30N2O2.C2H6/c1-8-15(5,6)9-13(19)17(11-18)10-12(16-7)14(2,3)4;1-2/h11-12,16H,8-10H2,1-7H3;1-2H3. The molecule has 0 saturated heterocycles. The van der Waals surface area contributed by atoms with Crippen molar-refractivity contribution in [2.24, 2.45) is 10.8 Å². The van der Waals surface area contributed by atoms with E-state index in [0.29, 0.717) is 19.4 Å². The molecule has 0 aliphatic rings. The first kappa shape index (κ1) is 22.4. The van der Waals surface area contributed by atoms with Crippen LogP contribution in [0.5, 0.6) is 0 Å². The number of amides is 2. The summed E-state index contributed by atoms with van der Waals surface area (Å²) in [4.78, 5) is 24.7. The fourth-order valence-corrected chi connectivity index (χ4v) is 1.83. The lowest BCUT2D eigenvalue weighted by atomic mass is 9.85. The van der Waals surface area contributed by atoms with E-state index in [2.05, 4.69) is 33.0 Å². The van der Waals surface area contributed by atoms with Crippen LogP contribution in [0, 0.1) is 10.8 Å². The third kappa shape index (κ3) is 8.86. The van der Waals surface area contributed by atoms with Crippen LogP contribution in [-0.2, 0) is 9.59 Å². The Morgan fingerprint density at radius 1 is 1.19 bits per heavy atom. The number of nitrogens with one attached hydrogen (secondary N) is 1. The second-order valence-corrected chi connectivity index (χ2v) is 7.05. The third-order valence-corrected chi connectivity index (χ3v) is 3.81. The largest absolute Gasteiger partial charge is 0.315 e. The average molecular weight is 300 g/mol. The minimum absolute atomic E-state index is 0.00341. The van der Waals surface area contributed by atoms with Crippen molar-refractivity contribution in [1.29, 1.82) is 0 Å². The molecule has 0 heterocycles. The number of hydrogen-bond donors (Lipinski definition) is 1. The Labute approximate surface area is 131 Å². The highest BCUT2D eigenvalue weighted by atomic mass is 16.2. The van der Waals surface area contributed by atoms with Crippen molar-refractivity contribution in [3.63, 3.8) is 0 Å². The van der Waals surface area contributed by atoms with Crippen molar-refractivity contribution < 1.29 is 9.59 Å². The molecule has 0 fully saturated rings. The molecule has 0 bridgehead atoms. The van der Waals surface area contributed by atoms with Crippen LogP contribution in [0.25, 0.3) is 0 Å². The van der Waals surface area contributed by atoms with E-state index in [1.807, 2.05) is 34.7 Å². The minimum Gasteiger partial charge on any atom is -0.315 e. The minimum atomic E-state index is -0.0913. The molecule has 0 aromatic heterocycles. The van der Waals surface area contributed by atoms with Gasteiger partial charge in [0.25, 0.3) is 0 Å². The van der Waals surface area contributed by atoms with Crippen LogP contribution in [0.4, 0.5) is 0 Å². The predicted octanol–water partition coefficient (Wildman–Crippen LogP) is 3.46. The number of imide groups is 1. The SMILES string of the molecule is CC.CCC(C)(C)CC(=O)N(C=O)CC(NC)C(C)(C)C. The Hall–Kier alpha value is -0.900. The van der Waals surface area contributed by atoms with E-state index in [0.717, 1.165) is 6.42 Å². The first-order valence-electron chi connectivity index (χ1n) is 7.99. The van der Waals surface area contributed by atoms with Crippen LogP contribution < -0.4 is 5.32 Å². The normalized spacial score (nSPS) is 13.0. The van der Waals surface area contributed by atoms with Crippen LogP contribution in [0.2, 0.25) is 0 Å². The lowest BCUT2D eigenvalue weighted by Crippen LogP contribution is -2.49. The highest BCUT2D eigenvalue weighted by Gasteiger charge is 2.29. The Morgan fingerprint density at radius 3 is 1.95 bits per heavy atom. The molecule has 0 radical (unpaired) electrons. The van der Waals surface area contributed by atoms with Gasteiger partial charge in [-0.3, -0.25) is 14.5 Å². The van der Waals surface area contributed by atoms with E-state index in [4.69, 9.17) is 0 Å². The Morgan fingerprint density at radius 2 is 1.67 bits per heavy atom. The fraction of sp³-hybridized carbons (Fsp3) is 0.882. The molecule has 1 unspecified atom stereocenters. The second kappa shape index (κ2) is 9.93. The van der Waals surface area contributed by atoms with Crippen molar-refractivity contribution in [2.45, 2.75) is 74.3 Å². The molecule has 0 aromatic rings. The quantitative estimate of drug-likeness (QED) is 0.733. The molecule has 0 saturated carbocycles. The van der Waals surface area contributed by atoms with Gasteiger partial charge in [-0.25, -0.2) is 0 Å². The maximum atomic E-state index is 12.2. The zero-order chi connectivity index (χ0) is 17.3. The van der Waals surface area contributed by atoms with E-state index in [-0.39, 0.29) is 22.8 Å². The van der Waals surface area contributed by atoms with E-state index in [9.17, 15) is 9.59 Å². The van der Waals surface area contributed by atoms with E-state index >= 15 is 0 Å². The van der Waals surface area contributed by atoms with Crippen molar-refractivity contribution in [3.05, 3.63) is 0 Å². The molecule has 0 spiro atoms. The highest BCUT2D eigenvalue weighted by Crippen LogP contribution is 2.26. The zero-order valence-corrected chi connectivity index (χ0v) is 15.5. The number of carbonyl (C=O) groups is 2. The number of carbonyl (C=O) groups excluding carboxylic acids is 2. The first-order chi connectivity index (χ1) is 9.57. The van der Waals surface area contributed by atoms with Gasteiger partial charge in [0.2, 0.25) is 12.3 Å². The summed E-state index contributed by atoms with van der Waals surface area (Å²) in [7, 11) is 1.86. The molecular formula is C17H36N2O2. The van der Waals surface area contributed by atoms with Crippen molar-refractivity contribution in [2.75, 3.05) is 13.6 Å². The molecule has 0 aromatic carbocycles. The second-order valence-electron chi connectivity index (χ2n) is 7.05. The van der Waals surface area contributed by atoms with Crippen molar-refractivity contribution in [3.8, 4) is 0 Å². The van der Waals surface area contributed by atoms with Gasteiger partial charge in [-0.05, 0) is 17.9 Å². The van der Waals surface area contributed by atoms with Gasteiger partial charge in [0, 0.05) is 19.0 Å². The van der Waals surface area contributed by atoms with Crippen LogP contribution in [-0.4, -0.2) is 36.9 Å². The van der Waals surface area contributed by atoms with Gasteiger partial charge < -0.3 is 5.32 Å². The summed E-state index contributed by atoms with van der Waals surface area (Å²) in [6, 6.07) is 0.0892. The summed E-state index contributed by atoms with van der Waals surface area (Å²) in [6.45, 7) is 16.9. The van der Waals surface area contributed by atoms with E-state index < -0.39 is 0 Å². The molecule has 2 amide bonds. The van der Waals surface area contributed by atoms with Gasteiger partial charge >= 0.3 is 0 Å². The molecule has 0 aliphatic carbocycles. The van der Waals surface area contributed by atoms with E-state index in [1.54, 1.807) is 0 Å². The molecule has 4 heteroatoms. The van der Waals surface area contributed by atoms with Crippen molar-refractivity contribution >= 4 is 12.3 Å². The number of nitrogens with zero attached hydrogens (tertiary/aromatic N) is 1. The summed E-state index contributed by atoms with van der Waals surface area (Å²) in [6.07, 6.45) is 1.98. The Balaban J connectivity index is 0. The fourth-order valence-electron chi connectivity index (χ4n) is 1.83. The Bertz CT molecular complexity index is 306. The van der Waals surface area contributed by atoms with Gasteiger partial charge in [0.1, 0.15) is 0 Å². The van der Waals surface area contributed by atoms with Gasteiger partial charge in [-0.15, -0.1) is 0 Å². The molecule has 4 nitrogen and oxygen atoms in total. The van der Waals surface area contributed by atoms with Crippen molar-refractivity contribution in [1.82, 2.24) is 10.2 Å². The third-order valence-electron chi connectivity index (χ3n) is 3.81. The number of likely N-dealkylation sites (N-methyl/N-ethyl adjacent to an activating group) is 1. The molecular weight excluding hydrogens is 264 g/mol. The zero-order valence-electron chi connectivity index (χ0n) is 15.5. The van der Waals surface area contributed by atoms with Gasteiger partial charge in [0.15, 0.2) is 0 Å². The topological polar surface area (TPSA) is 49.4 Å². The summed E-state index contributed by atoms with van der Waals surface area (Å²) >= 11 is 0. The van der Waals surface area contributed by atoms with Gasteiger partial charge in [-0.1, -0.05) is 61.8 Å². The molecule has 1 N–H and O–H groups in total. The smallest absolute Gasteiger partial charge is 0.229 e. The van der Waals surface area contributed by atoms with Gasteiger partial charge in [-0.2, -0.15) is 0 Å². The molecule has 0 aliphatic heterocycles. The summed E-state index contributed by atoms with van der Waals surface area (Å²) < 4.78 is 0. The molecule has 0 rings (SSSR count). The molecule has 1 atom stereocenters. The molecule has 126 valence electrons. The maximum absolute atomic E-state index is 12.2. The van der Waals surface area contributed by atoms with E-state index in [1.165, 1.54) is 4.90 Å². The number of rotatable bonds is 7. The van der Waals surface area contributed by atoms with Crippen LogP contribution >= 0.6 is 0 Å². The highest BCUT2D eigenvalue weighted by molar-refractivity contribution is 5.86. The van der Waals surface area contributed by atoms with Crippen LogP contribution in [0.1, 0.15) is 68.2 Å². The van der Waals surface area contributed by atoms with Gasteiger partial charge in [0.05, 0.1) is 0 Å².